The lowest BCUT2D eigenvalue weighted by Crippen LogP contribution is -2.39. The fraction of sp³-hybridized carbons (Fsp3) is 1.00. The Labute approximate surface area is 86.9 Å². The van der Waals surface area contributed by atoms with Gasteiger partial charge in [-0.1, -0.05) is 0 Å². The minimum atomic E-state index is 0.269. The standard InChI is InChI=1S/C10H23NO3/c1-4-13-8-10(9-14-5-2)11-6-7-12-3/h10-11H,4-9H2,1-3H3. The van der Waals surface area contributed by atoms with Gasteiger partial charge < -0.3 is 19.5 Å². The van der Waals surface area contributed by atoms with Gasteiger partial charge in [0.05, 0.1) is 25.9 Å². The fourth-order valence-electron chi connectivity index (χ4n) is 1.05. The lowest BCUT2D eigenvalue weighted by molar-refractivity contribution is 0.0620. The van der Waals surface area contributed by atoms with Crippen LogP contribution in [0.4, 0.5) is 0 Å². The molecule has 0 aromatic carbocycles. The highest BCUT2D eigenvalue weighted by atomic mass is 16.5. The summed E-state index contributed by atoms with van der Waals surface area (Å²) in [7, 11) is 1.70. The Morgan fingerprint density at radius 1 is 1.07 bits per heavy atom. The number of nitrogens with one attached hydrogen (secondary N) is 1. The van der Waals surface area contributed by atoms with Crippen LogP contribution in [0.3, 0.4) is 0 Å². The van der Waals surface area contributed by atoms with Gasteiger partial charge in [-0.05, 0) is 13.8 Å². The molecule has 0 spiro atoms. The maximum Gasteiger partial charge on any atom is 0.0642 e. The summed E-state index contributed by atoms with van der Waals surface area (Å²) < 4.78 is 15.6. The molecule has 0 saturated carbocycles. The third kappa shape index (κ3) is 8.44. The summed E-state index contributed by atoms with van der Waals surface area (Å²) in [6, 6.07) is 0.269. The van der Waals surface area contributed by atoms with E-state index < -0.39 is 0 Å². The van der Waals surface area contributed by atoms with Gasteiger partial charge in [-0.25, -0.2) is 0 Å². The van der Waals surface area contributed by atoms with Crippen LogP contribution in [0.15, 0.2) is 0 Å². The van der Waals surface area contributed by atoms with Crippen molar-refractivity contribution in [1.82, 2.24) is 5.32 Å². The van der Waals surface area contributed by atoms with Crippen LogP contribution in [-0.2, 0) is 14.2 Å². The summed E-state index contributed by atoms with van der Waals surface area (Å²) in [5.74, 6) is 0. The van der Waals surface area contributed by atoms with Gasteiger partial charge in [0.25, 0.3) is 0 Å². The number of hydrogen-bond acceptors (Lipinski definition) is 4. The predicted octanol–water partition coefficient (Wildman–Crippen LogP) is 0.664. The lowest BCUT2D eigenvalue weighted by Gasteiger charge is -2.17. The van der Waals surface area contributed by atoms with Crippen LogP contribution in [0.5, 0.6) is 0 Å². The zero-order valence-electron chi connectivity index (χ0n) is 9.54. The minimum absolute atomic E-state index is 0.269. The maximum atomic E-state index is 5.34. The molecule has 86 valence electrons. The third-order valence-corrected chi connectivity index (χ3v) is 1.79. The van der Waals surface area contributed by atoms with E-state index in [0.29, 0.717) is 13.2 Å². The summed E-state index contributed by atoms with van der Waals surface area (Å²) >= 11 is 0. The van der Waals surface area contributed by atoms with Gasteiger partial charge in [-0.15, -0.1) is 0 Å². The van der Waals surface area contributed by atoms with Crippen LogP contribution in [0.25, 0.3) is 0 Å². The summed E-state index contributed by atoms with van der Waals surface area (Å²) in [4.78, 5) is 0. The van der Waals surface area contributed by atoms with Gasteiger partial charge in [0.2, 0.25) is 0 Å². The van der Waals surface area contributed by atoms with Crippen molar-refractivity contribution < 1.29 is 14.2 Å². The van der Waals surface area contributed by atoms with Gasteiger partial charge in [0.1, 0.15) is 0 Å². The Morgan fingerprint density at radius 2 is 1.64 bits per heavy atom. The smallest absolute Gasteiger partial charge is 0.0642 e. The van der Waals surface area contributed by atoms with E-state index in [0.717, 1.165) is 26.4 Å². The first-order chi connectivity index (χ1) is 6.85. The Hall–Kier alpha value is -0.160. The molecule has 0 saturated heterocycles. The Bertz CT molecular complexity index is 104. The van der Waals surface area contributed by atoms with E-state index in [-0.39, 0.29) is 6.04 Å². The Balaban J connectivity index is 3.49. The summed E-state index contributed by atoms with van der Waals surface area (Å²) in [6.45, 7) is 8.42. The predicted molar refractivity (Wildman–Crippen MR) is 56.7 cm³/mol. The van der Waals surface area contributed by atoms with E-state index in [1.807, 2.05) is 13.8 Å². The molecule has 0 aliphatic rings. The Morgan fingerprint density at radius 3 is 2.07 bits per heavy atom. The molecule has 1 N–H and O–H groups in total. The average Bonchev–Trinajstić information content (AvgIpc) is 2.21. The molecular weight excluding hydrogens is 182 g/mol. The van der Waals surface area contributed by atoms with E-state index >= 15 is 0 Å². The first kappa shape index (κ1) is 13.8. The highest BCUT2D eigenvalue weighted by molar-refractivity contribution is 4.64. The first-order valence-corrected chi connectivity index (χ1v) is 5.22. The minimum Gasteiger partial charge on any atom is -0.383 e. The lowest BCUT2D eigenvalue weighted by atomic mass is 10.3. The zero-order valence-corrected chi connectivity index (χ0v) is 9.54. The van der Waals surface area contributed by atoms with Gasteiger partial charge in [-0.2, -0.15) is 0 Å². The monoisotopic (exact) mass is 205 g/mol. The molecule has 4 nitrogen and oxygen atoms in total. The van der Waals surface area contributed by atoms with Gasteiger partial charge in [0, 0.05) is 26.9 Å². The molecule has 0 heterocycles. The van der Waals surface area contributed by atoms with Crippen LogP contribution >= 0.6 is 0 Å². The molecule has 0 amide bonds. The Kier molecular flexibility index (Phi) is 10.8. The van der Waals surface area contributed by atoms with Crippen molar-refractivity contribution in [1.29, 1.82) is 0 Å². The van der Waals surface area contributed by atoms with Crippen molar-refractivity contribution in [2.45, 2.75) is 19.9 Å². The molecule has 0 aliphatic carbocycles. The number of rotatable bonds is 10. The molecular formula is C10H23NO3. The third-order valence-electron chi connectivity index (χ3n) is 1.79. The highest BCUT2D eigenvalue weighted by Crippen LogP contribution is 1.88. The number of methoxy groups -OCH3 is 1. The molecule has 4 heteroatoms. The van der Waals surface area contributed by atoms with Crippen molar-refractivity contribution in [3.8, 4) is 0 Å². The molecule has 14 heavy (non-hydrogen) atoms. The molecule has 0 rings (SSSR count). The quantitative estimate of drug-likeness (QED) is 0.532. The van der Waals surface area contributed by atoms with Crippen molar-refractivity contribution in [3.05, 3.63) is 0 Å². The largest absolute Gasteiger partial charge is 0.383 e. The maximum absolute atomic E-state index is 5.34. The van der Waals surface area contributed by atoms with Crippen molar-refractivity contribution in [2.75, 3.05) is 46.7 Å². The van der Waals surface area contributed by atoms with Crippen LogP contribution in [0.1, 0.15) is 13.8 Å². The molecule has 0 fully saturated rings. The number of ether oxygens (including phenoxy) is 3. The first-order valence-electron chi connectivity index (χ1n) is 5.22. The molecule has 0 atom stereocenters. The number of hydrogen-bond donors (Lipinski definition) is 1. The fourth-order valence-corrected chi connectivity index (χ4v) is 1.05. The van der Waals surface area contributed by atoms with Crippen LogP contribution in [0, 0.1) is 0 Å². The van der Waals surface area contributed by atoms with E-state index in [4.69, 9.17) is 14.2 Å². The topological polar surface area (TPSA) is 39.7 Å². The van der Waals surface area contributed by atoms with Crippen LogP contribution < -0.4 is 5.32 Å². The van der Waals surface area contributed by atoms with Crippen molar-refractivity contribution in [3.63, 3.8) is 0 Å². The molecule has 0 aliphatic heterocycles. The van der Waals surface area contributed by atoms with E-state index in [9.17, 15) is 0 Å². The molecule has 0 aromatic rings. The van der Waals surface area contributed by atoms with Gasteiger partial charge >= 0.3 is 0 Å². The van der Waals surface area contributed by atoms with E-state index in [2.05, 4.69) is 5.32 Å². The van der Waals surface area contributed by atoms with Crippen molar-refractivity contribution in [2.24, 2.45) is 0 Å². The van der Waals surface area contributed by atoms with Crippen LogP contribution in [-0.4, -0.2) is 52.7 Å². The van der Waals surface area contributed by atoms with Gasteiger partial charge in [-0.3, -0.25) is 0 Å². The second kappa shape index (κ2) is 10.9. The molecule has 0 bridgehead atoms. The SMILES string of the molecule is CCOCC(COCC)NCCOC. The molecule has 0 unspecified atom stereocenters. The highest BCUT2D eigenvalue weighted by Gasteiger charge is 2.07. The van der Waals surface area contributed by atoms with Gasteiger partial charge in [0.15, 0.2) is 0 Å². The zero-order chi connectivity index (χ0) is 10.6. The summed E-state index contributed by atoms with van der Waals surface area (Å²) in [5, 5.41) is 3.32. The summed E-state index contributed by atoms with van der Waals surface area (Å²) in [5.41, 5.74) is 0. The van der Waals surface area contributed by atoms with Crippen LogP contribution in [0.2, 0.25) is 0 Å². The van der Waals surface area contributed by atoms with E-state index in [1.54, 1.807) is 7.11 Å². The van der Waals surface area contributed by atoms with E-state index in [1.165, 1.54) is 0 Å². The summed E-state index contributed by atoms with van der Waals surface area (Å²) in [6.07, 6.45) is 0. The molecule has 0 radical (unpaired) electrons. The second-order valence-electron chi connectivity index (χ2n) is 2.96. The normalized spacial score (nSPS) is 11.1. The van der Waals surface area contributed by atoms with Crippen molar-refractivity contribution >= 4 is 0 Å². The second-order valence-corrected chi connectivity index (χ2v) is 2.96. The molecule has 0 aromatic heterocycles. The average molecular weight is 205 g/mol.